The highest BCUT2D eigenvalue weighted by atomic mass is 32.2. The molecule has 15 heavy (non-hydrogen) atoms. The fraction of sp³-hybridized carbons (Fsp3) is 0.875. The van der Waals surface area contributed by atoms with E-state index in [0.29, 0.717) is 0 Å². The molecule has 7 heteroatoms. The van der Waals surface area contributed by atoms with Crippen molar-refractivity contribution in [3.8, 4) is 0 Å². The molecule has 0 amide bonds. The molecule has 0 rings (SSSR count). The Balaban J connectivity index is 3.70. The van der Waals surface area contributed by atoms with Crippen LogP contribution in [0, 0.1) is 0 Å². The van der Waals surface area contributed by atoms with Crippen LogP contribution in [0.1, 0.15) is 20.3 Å². The lowest BCUT2D eigenvalue weighted by atomic mass is 10.5. The minimum absolute atomic E-state index is 0.0496. The first-order valence-corrected chi connectivity index (χ1v) is 6.29. The molecular weight excluding hydrogens is 222 g/mol. The maximum absolute atomic E-state index is 11.1. The largest absolute Gasteiger partial charge is 0.481 e. The monoisotopic (exact) mass is 239 g/mol. The first kappa shape index (κ1) is 14.3. The Hall–Kier alpha value is -0.660. The number of rotatable bonds is 8. The van der Waals surface area contributed by atoms with E-state index in [1.807, 2.05) is 13.8 Å². The minimum Gasteiger partial charge on any atom is -0.481 e. The van der Waals surface area contributed by atoms with Crippen LogP contribution in [0.5, 0.6) is 0 Å². The third kappa shape index (κ3) is 9.64. The highest BCUT2D eigenvalue weighted by Crippen LogP contribution is 1.90. The lowest BCUT2D eigenvalue weighted by molar-refractivity contribution is -0.136. The van der Waals surface area contributed by atoms with Crippen molar-refractivity contribution in [1.29, 1.82) is 0 Å². The Morgan fingerprint density at radius 2 is 2.07 bits per heavy atom. The summed E-state index contributed by atoms with van der Waals surface area (Å²) in [7, 11) is -3.49. The number of ether oxygens (including phenoxy) is 1. The number of carboxylic acids is 1. The van der Waals surface area contributed by atoms with Gasteiger partial charge in [-0.2, -0.15) is 0 Å². The van der Waals surface area contributed by atoms with Gasteiger partial charge in [0.05, 0.1) is 24.9 Å². The lowest BCUT2D eigenvalue weighted by Gasteiger charge is -2.08. The van der Waals surface area contributed by atoms with Gasteiger partial charge in [0.25, 0.3) is 0 Å². The van der Waals surface area contributed by atoms with Gasteiger partial charge in [-0.3, -0.25) is 4.79 Å². The van der Waals surface area contributed by atoms with Crippen LogP contribution in [-0.2, 0) is 19.6 Å². The van der Waals surface area contributed by atoms with Gasteiger partial charge in [-0.05, 0) is 13.8 Å². The van der Waals surface area contributed by atoms with Crippen molar-refractivity contribution in [3.05, 3.63) is 0 Å². The van der Waals surface area contributed by atoms with E-state index in [1.54, 1.807) is 0 Å². The van der Waals surface area contributed by atoms with Crippen LogP contribution in [0.15, 0.2) is 0 Å². The molecule has 0 aromatic rings. The smallest absolute Gasteiger partial charge is 0.304 e. The number of aliphatic carboxylic acids is 1. The molecule has 0 heterocycles. The third-order valence-corrected chi connectivity index (χ3v) is 2.85. The van der Waals surface area contributed by atoms with Crippen molar-refractivity contribution in [2.45, 2.75) is 26.4 Å². The molecule has 0 aliphatic heterocycles. The topological polar surface area (TPSA) is 92.7 Å². The standard InChI is InChI=1S/C8H17NO5S/c1-7(2)14-5-4-9-15(12,13)6-3-8(10)11/h7,9H,3-6H2,1-2H3,(H,10,11). The summed E-state index contributed by atoms with van der Waals surface area (Å²) >= 11 is 0. The molecule has 0 saturated carbocycles. The molecule has 0 spiro atoms. The Bertz CT molecular complexity index is 285. The normalized spacial score (nSPS) is 11.9. The second kappa shape index (κ2) is 6.76. The third-order valence-electron chi connectivity index (χ3n) is 1.46. The number of carbonyl (C=O) groups is 1. The van der Waals surface area contributed by atoms with E-state index in [1.165, 1.54) is 0 Å². The van der Waals surface area contributed by atoms with Crippen molar-refractivity contribution in [2.24, 2.45) is 0 Å². The zero-order chi connectivity index (χ0) is 11.9. The summed E-state index contributed by atoms with van der Waals surface area (Å²) in [5.74, 6) is -1.52. The summed E-state index contributed by atoms with van der Waals surface area (Å²) in [5, 5.41) is 8.30. The quantitative estimate of drug-likeness (QED) is 0.572. The maximum atomic E-state index is 11.1. The number of hydrogen-bond donors (Lipinski definition) is 2. The van der Waals surface area contributed by atoms with Gasteiger partial charge in [0, 0.05) is 6.54 Å². The average molecular weight is 239 g/mol. The van der Waals surface area contributed by atoms with Gasteiger partial charge in [0.15, 0.2) is 0 Å². The van der Waals surface area contributed by atoms with Crippen LogP contribution in [0.4, 0.5) is 0 Å². The van der Waals surface area contributed by atoms with Gasteiger partial charge < -0.3 is 9.84 Å². The number of sulfonamides is 1. The SMILES string of the molecule is CC(C)OCCNS(=O)(=O)CCC(=O)O. The predicted octanol–water partition coefficient (Wildman–Crippen LogP) is -0.194. The van der Waals surface area contributed by atoms with Crippen LogP contribution >= 0.6 is 0 Å². The molecule has 0 fully saturated rings. The Morgan fingerprint density at radius 1 is 1.47 bits per heavy atom. The first-order valence-electron chi connectivity index (χ1n) is 4.64. The van der Waals surface area contributed by atoms with Crippen molar-refractivity contribution in [1.82, 2.24) is 4.72 Å². The van der Waals surface area contributed by atoms with E-state index < -0.39 is 21.7 Å². The fourth-order valence-electron chi connectivity index (χ4n) is 0.786. The molecule has 0 aliphatic carbocycles. The van der Waals surface area contributed by atoms with E-state index in [-0.39, 0.29) is 25.7 Å². The molecule has 2 N–H and O–H groups in total. The summed E-state index contributed by atoms with van der Waals surface area (Å²) < 4.78 is 29.7. The second-order valence-electron chi connectivity index (χ2n) is 3.28. The highest BCUT2D eigenvalue weighted by molar-refractivity contribution is 7.89. The van der Waals surface area contributed by atoms with E-state index >= 15 is 0 Å². The molecule has 0 bridgehead atoms. The van der Waals surface area contributed by atoms with Crippen molar-refractivity contribution >= 4 is 16.0 Å². The van der Waals surface area contributed by atoms with Gasteiger partial charge in [-0.15, -0.1) is 0 Å². The maximum Gasteiger partial charge on any atom is 0.304 e. The van der Waals surface area contributed by atoms with Gasteiger partial charge >= 0.3 is 5.97 Å². The Morgan fingerprint density at radius 3 is 2.53 bits per heavy atom. The van der Waals surface area contributed by atoms with E-state index in [9.17, 15) is 13.2 Å². The molecule has 0 aromatic heterocycles. The van der Waals surface area contributed by atoms with Gasteiger partial charge in [-0.25, -0.2) is 13.1 Å². The molecule has 0 saturated heterocycles. The van der Waals surface area contributed by atoms with Crippen LogP contribution in [0.25, 0.3) is 0 Å². The first-order chi connectivity index (χ1) is 6.83. The Labute approximate surface area is 89.7 Å². The molecular formula is C8H17NO5S. The number of hydrogen-bond acceptors (Lipinski definition) is 4. The summed E-state index contributed by atoms with van der Waals surface area (Å²) in [5.41, 5.74) is 0. The van der Waals surface area contributed by atoms with Crippen LogP contribution in [0.2, 0.25) is 0 Å². The number of carboxylic acid groups (broad SMARTS) is 1. The van der Waals surface area contributed by atoms with Gasteiger partial charge in [0.2, 0.25) is 10.0 Å². The molecule has 0 radical (unpaired) electrons. The summed E-state index contributed by atoms with van der Waals surface area (Å²) in [6, 6.07) is 0. The second-order valence-corrected chi connectivity index (χ2v) is 5.20. The molecule has 0 aliphatic rings. The molecule has 0 unspecified atom stereocenters. The van der Waals surface area contributed by atoms with E-state index in [2.05, 4.69) is 4.72 Å². The predicted molar refractivity (Wildman–Crippen MR) is 55.1 cm³/mol. The number of nitrogens with one attached hydrogen (secondary N) is 1. The Kier molecular flexibility index (Phi) is 6.46. The van der Waals surface area contributed by atoms with E-state index in [4.69, 9.17) is 9.84 Å². The molecule has 0 atom stereocenters. The van der Waals surface area contributed by atoms with Crippen LogP contribution in [0.3, 0.4) is 0 Å². The van der Waals surface area contributed by atoms with Gasteiger partial charge in [-0.1, -0.05) is 0 Å². The van der Waals surface area contributed by atoms with Crippen LogP contribution < -0.4 is 4.72 Å². The molecule has 0 aromatic carbocycles. The van der Waals surface area contributed by atoms with Crippen LogP contribution in [-0.4, -0.2) is 44.5 Å². The van der Waals surface area contributed by atoms with E-state index in [0.717, 1.165) is 0 Å². The molecule has 90 valence electrons. The average Bonchev–Trinajstić information content (AvgIpc) is 2.09. The summed E-state index contributed by atoms with van der Waals surface area (Å²) in [6.07, 6.45) is -0.339. The van der Waals surface area contributed by atoms with Crippen molar-refractivity contribution < 1.29 is 23.1 Å². The fourth-order valence-corrected chi connectivity index (χ4v) is 1.77. The van der Waals surface area contributed by atoms with Crippen molar-refractivity contribution in [3.63, 3.8) is 0 Å². The van der Waals surface area contributed by atoms with Gasteiger partial charge in [0.1, 0.15) is 0 Å². The molecule has 6 nitrogen and oxygen atoms in total. The van der Waals surface area contributed by atoms with Crippen molar-refractivity contribution in [2.75, 3.05) is 18.9 Å². The summed E-state index contributed by atoms with van der Waals surface area (Å²) in [4.78, 5) is 10.1. The minimum atomic E-state index is -3.49. The summed E-state index contributed by atoms with van der Waals surface area (Å²) in [6.45, 7) is 4.14. The highest BCUT2D eigenvalue weighted by Gasteiger charge is 2.11. The lowest BCUT2D eigenvalue weighted by Crippen LogP contribution is -2.31. The zero-order valence-electron chi connectivity index (χ0n) is 8.89. The zero-order valence-corrected chi connectivity index (χ0v) is 9.71.